The Morgan fingerprint density at radius 1 is 1.22 bits per heavy atom. The van der Waals surface area contributed by atoms with Crippen LogP contribution in [0.2, 0.25) is 0 Å². The Morgan fingerprint density at radius 3 is 2.96 bits per heavy atom. The molecule has 116 valence electrons. The molecule has 0 fully saturated rings. The van der Waals surface area contributed by atoms with E-state index in [-0.39, 0.29) is 18.7 Å². The molecular formula is C18H15NO4. The number of rotatable bonds is 1. The Hall–Kier alpha value is -2.53. The number of carbonyl (C=O) groups excluding carboxylic acids is 1. The zero-order valence-corrected chi connectivity index (χ0v) is 12.7. The van der Waals surface area contributed by atoms with Crippen molar-refractivity contribution in [3.05, 3.63) is 47.0 Å². The number of carbonyl (C=O) groups is 1. The zero-order chi connectivity index (χ0) is 15.6. The van der Waals surface area contributed by atoms with Crippen molar-refractivity contribution in [3.63, 3.8) is 0 Å². The Labute approximate surface area is 133 Å². The van der Waals surface area contributed by atoms with E-state index in [1.165, 1.54) is 10.6 Å². The summed E-state index contributed by atoms with van der Waals surface area (Å²) in [7, 11) is 1.55. The summed E-state index contributed by atoms with van der Waals surface area (Å²) in [5.41, 5.74) is 5.55. The highest BCUT2D eigenvalue weighted by atomic mass is 16.7. The highest BCUT2D eigenvalue weighted by molar-refractivity contribution is 5.89. The first-order chi connectivity index (χ1) is 11.3. The molecule has 0 aromatic heterocycles. The third kappa shape index (κ3) is 1.63. The van der Waals surface area contributed by atoms with Crippen LogP contribution in [0.1, 0.15) is 22.7 Å². The van der Waals surface area contributed by atoms with E-state index in [2.05, 4.69) is 12.1 Å². The summed E-state index contributed by atoms with van der Waals surface area (Å²) in [5, 5.41) is 1.50. The molecule has 0 radical (unpaired) electrons. The molecule has 1 atom stereocenters. The van der Waals surface area contributed by atoms with Gasteiger partial charge < -0.3 is 9.47 Å². The van der Waals surface area contributed by atoms with Crippen LogP contribution in [0.25, 0.3) is 11.1 Å². The Kier molecular flexibility index (Phi) is 2.53. The van der Waals surface area contributed by atoms with Gasteiger partial charge in [0.05, 0.1) is 19.6 Å². The first-order valence-electron chi connectivity index (χ1n) is 7.67. The van der Waals surface area contributed by atoms with E-state index in [1.807, 2.05) is 18.2 Å². The fourth-order valence-corrected chi connectivity index (χ4v) is 4.00. The molecule has 0 N–H and O–H groups in total. The van der Waals surface area contributed by atoms with Crippen molar-refractivity contribution in [2.24, 2.45) is 0 Å². The molecule has 2 aromatic rings. The lowest BCUT2D eigenvalue weighted by Gasteiger charge is -2.39. The molecule has 0 saturated heterocycles. The third-order valence-electron chi connectivity index (χ3n) is 4.89. The molecule has 1 aliphatic carbocycles. The Bertz CT molecular complexity index is 845. The first kappa shape index (κ1) is 13.0. The topological polar surface area (TPSA) is 48.0 Å². The van der Waals surface area contributed by atoms with E-state index in [0.717, 1.165) is 40.2 Å². The number of hydrogen-bond donors (Lipinski definition) is 0. The van der Waals surface area contributed by atoms with Gasteiger partial charge in [-0.1, -0.05) is 24.3 Å². The lowest BCUT2D eigenvalue weighted by Crippen LogP contribution is -2.41. The summed E-state index contributed by atoms with van der Waals surface area (Å²) < 4.78 is 11.3. The number of benzene rings is 2. The van der Waals surface area contributed by atoms with Crippen LogP contribution in [0.4, 0.5) is 0 Å². The van der Waals surface area contributed by atoms with Gasteiger partial charge in [0.2, 0.25) is 6.79 Å². The van der Waals surface area contributed by atoms with E-state index < -0.39 is 0 Å². The molecule has 0 bridgehead atoms. The van der Waals surface area contributed by atoms with Crippen LogP contribution >= 0.6 is 0 Å². The van der Waals surface area contributed by atoms with Gasteiger partial charge in [0.25, 0.3) is 5.91 Å². The summed E-state index contributed by atoms with van der Waals surface area (Å²) >= 11 is 0. The summed E-state index contributed by atoms with van der Waals surface area (Å²) in [6, 6.07) is 10.1. The second kappa shape index (κ2) is 4.49. The second-order valence-corrected chi connectivity index (χ2v) is 6.01. The van der Waals surface area contributed by atoms with Crippen LogP contribution in [0.5, 0.6) is 11.5 Å². The predicted octanol–water partition coefficient (Wildman–Crippen LogP) is 2.63. The average Bonchev–Trinajstić information content (AvgIpc) is 3.02. The van der Waals surface area contributed by atoms with E-state index in [9.17, 15) is 4.79 Å². The highest BCUT2D eigenvalue weighted by Crippen LogP contribution is 2.53. The van der Waals surface area contributed by atoms with E-state index in [1.54, 1.807) is 7.11 Å². The number of nitrogens with zero attached hydrogens (tertiary/aromatic N) is 1. The third-order valence-corrected chi connectivity index (χ3v) is 4.89. The Morgan fingerprint density at radius 2 is 2.09 bits per heavy atom. The second-order valence-electron chi connectivity index (χ2n) is 6.01. The molecule has 3 aliphatic rings. The van der Waals surface area contributed by atoms with Crippen molar-refractivity contribution < 1.29 is 19.1 Å². The molecule has 23 heavy (non-hydrogen) atoms. The minimum atomic E-state index is -0.115. The molecule has 1 unspecified atom stereocenters. The molecule has 5 rings (SSSR count). The lowest BCUT2D eigenvalue weighted by molar-refractivity contribution is -0.191. The predicted molar refractivity (Wildman–Crippen MR) is 82.0 cm³/mol. The van der Waals surface area contributed by atoms with Gasteiger partial charge in [0.15, 0.2) is 11.5 Å². The van der Waals surface area contributed by atoms with Crippen molar-refractivity contribution in [1.82, 2.24) is 5.06 Å². The summed E-state index contributed by atoms with van der Waals surface area (Å²) in [5.74, 6) is 1.49. The smallest absolute Gasteiger partial charge is 0.251 e. The lowest BCUT2D eigenvalue weighted by atomic mass is 9.77. The molecule has 5 nitrogen and oxygen atoms in total. The number of hydroxylamine groups is 2. The minimum absolute atomic E-state index is 0.0193. The van der Waals surface area contributed by atoms with Gasteiger partial charge >= 0.3 is 0 Å². The van der Waals surface area contributed by atoms with Gasteiger partial charge in [-0.25, -0.2) is 5.06 Å². The largest absolute Gasteiger partial charge is 0.454 e. The summed E-state index contributed by atoms with van der Waals surface area (Å²) in [6.07, 6.45) is 1.07. The van der Waals surface area contributed by atoms with Crippen molar-refractivity contribution in [1.29, 1.82) is 0 Å². The Balaban J connectivity index is 1.86. The normalized spacial score (nSPS) is 20.3. The molecule has 5 heteroatoms. The number of hydrogen-bond acceptors (Lipinski definition) is 4. The number of ether oxygens (including phenoxy) is 2. The maximum absolute atomic E-state index is 12.4. The first-order valence-corrected chi connectivity index (χ1v) is 7.67. The average molecular weight is 309 g/mol. The maximum Gasteiger partial charge on any atom is 0.251 e. The van der Waals surface area contributed by atoms with Gasteiger partial charge in [-0.05, 0) is 28.3 Å². The van der Waals surface area contributed by atoms with Crippen LogP contribution in [0.3, 0.4) is 0 Å². The van der Waals surface area contributed by atoms with Crippen molar-refractivity contribution in [3.8, 4) is 22.6 Å². The van der Waals surface area contributed by atoms with E-state index >= 15 is 0 Å². The monoisotopic (exact) mass is 309 g/mol. The zero-order valence-electron chi connectivity index (χ0n) is 12.7. The van der Waals surface area contributed by atoms with Gasteiger partial charge in [0.1, 0.15) is 0 Å². The molecule has 2 heterocycles. The summed E-state index contributed by atoms with van der Waals surface area (Å²) in [4.78, 5) is 17.8. The molecular weight excluding hydrogens is 294 g/mol. The molecule has 1 amide bonds. The highest BCUT2D eigenvalue weighted by Gasteiger charge is 2.41. The fourth-order valence-electron chi connectivity index (χ4n) is 4.00. The number of amides is 1. The standard InChI is InChI=1S/C18H15NO4/c1-21-19-13-6-10-4-2-3-5-12(10)17-16(13)11(8-15(19)20)7-14-18(17)23-9-22-14/h2-5,7,13H,6,8-9H2,1H3. The number of fused-ring (bicyclic) bond motifs is 4. The van der Waals surface area contributed by atoms with Gasteiger partial charge in [-0.2, -0.15) is 0 Å². The van der Waals surface area contributed by atoms with Crippen LogP contribution in [0.15, 0.2) is 30.3 Å². The quantitative estimate of drug-likeness (QED) is 0.812. The van der Waals surface area contributed by atoms with E-state index in [4.69, 9.17) is 14.3 Å². The SMILES string of the molecule is CON1C(=O)Cc2cc3c(c4c2C1Cc1ccccc1-4)OCO3. The molecule has 0 saturated carbocycles. The minimum Gasteiger partial charge on any atom is -0.454 e. The summed E-state index contributed by atoms with van der Waals surface area (Å²) in [6.45, 7) is 0.222. The maximum atomic E-state index is 12.4. The fraction of sp³-hybridized carbons (Fsp3) is 0.278. The van der Waals surface area contributed by atoms with Crippen LogP contribution in [-0.4, -0.2) is 24.9 Å². The van der Waals surface area contributed by atoms with Crippen molar-refractivity contribution in [2.75, 3.05) is 13.9 Å². The molecule has 0 spiro atoms. The van der Waals surface area contributed by atoms with E-state index in [0.29, 0.717) is 6.42 Å². The van der Waals surface area contributed by atoms with Gasteiger partial charge in [-0.3, -0.25) is 9.63 Å². The molecule has 2 aromatic carbocycles. The van der Waals surface area contributed by atoms with Gasteiger partial charge in [0, 0.05) is 12.0 Å². The van der Waals surface area contributed by atoms with Crippen LogP contribution in [0, 0.1) is 0 Å². The van der Waals surface area contributed by atoms with Crippen LogP contribution < -0.4 is 9.47 Å². The van der Waals surface area contributed by atoms with Crippen LogP contribution in [-0.2, 0) is 22.5 Å². The van der Waals surface area contributed by atoms with Crippen molar-refractivity contribution >= 4 is 5.91 Å². The van der Waals surface area contributed by atoms with Gasteiger partial charge in [-0.15, -0.1) is 0 Å². The van der Waals surface area contributed by atoms with Crippen molar-refractivity contribution in [2.45, 2.75) is 18.9 Å². The molecule has 2 aliphatic heterocycles.